The second-order valence-corrected chi connectivity index (χ2v) is 8.99. The average molecular weight is 501 g/mol. The number of rotatable bonds is 4. The van der Waals surface area contributed by atoms with Crippen LogP contribution in [-0.4, -0.2) is 35.3 Å². The summed E-state index contributed by atoms with van der Waals surface area (Å²) in [4.78, 5) is 21.2. The van der Waals surface area contributed by atoms with Gasteiger partial charge in [-0.3, -0.25) is 9.48 Å². The predicted octanol–water partition coefficient (Wildman–Crippen LogP) is 4.08. The molecule has 6 rings (SSSR count). The number of aryl methyl sites for hydroxylation is 1. The summed E-state index contributed by atoms with van der Waals surface area (Å²) in [5.41, 5.74) is 12.3. The maximum absolute atomic E-state index is 13.4. The van der Waals surface area contributed by atoms with Crippen molar-refractivity contribution in [1.29, 1.82) is 0 Å². The Hall–Kier alpha value is -5.36. The summed E-state index contributed by atoms with van der Waals surface area (Å²) in [5.74, 6) is 6.30. The van der Waals surface area contributed by atoms with Crippen molar-refractivity contribution in [2.24, 2.45) is 7.05 Å². The van der Waals surface area contributed by atoms with E-state index >= 15 is 0 Å². The van der Waals surface area contributed by atoms with E-state index in [9.17, 15) is 4.79 Å². The maximum Gasteiger partial charge on any atom is 0.274 e. The van der Waals surface area contributed by atoms with Gasteiger partial charge in [0.2, 0.25) is 0 Å². The molecule has 9 nitrogen and oxygen atoms in total. The molecular weight excluding hydrogens is 476 g/mol. The van der Waals surface area contributed by atoms with Crippen molar-refractivity contribution < 1.29 is 4.79 Å². The van der Waals surface area contributed by atoms with E-state index in [1.54, 1.807) is 29.2 Å². The molecule has 0 aliphatic rings. The molecule has 2 aromatic carbocycles. The van der Waals surface area contributed by atoms with Crippen molar-refractivity contribution >= 4 is 28.3 Å². The third-order valence-electron chi connectivity index (χ3n) is 6.38. The number of carbonyl (C=O) groups is 1. The molecule has 1 unspecified atom stereocenters. The largest absolute Gasteiger partial charge is 0.382 e. The van der Waals surface area contributed by atoms with Gasteiger partial charge in [-0.25, -0.2) is 9.50 Å². The van der Waals surface area contributed by atoms with Gasteiger partial charge in [0.15, 0.2) is 17.2 Å². The average Bonchev–Trinajstić information content (AvgIpc) is 3.62. The van der Waals surface area contributed by atoms with Crippen molar-refractivity contribution in [2.45, 2.75) is 13.0 Å². The van der Waals surface area contributed by atoms with Crippen LogP contribution in [0.1, 0.15) is 40.3 Å². The lowest BCUT2D eigenvalue weighted by atomic mass is 9.96. The number of nitrogen functional groups attached to an aromatic ring is 1. The van der Waals surface area contributed by atoms with E-state index in [-0.39, 0.29) is 17.4 Å². The van der Waals surface area contributed by atoms with Crippen LogP contribution >= 0.6 is 0 Å². The van der Waals surface area contributed by atoms with E-state index < -0.39 is 6.04 Å². The first-order valence-electron chi connectivity index (χ1n) is 12.1. The van der Waals surface area contributed by atoms with Crippen LogP contribution in [0.5, 0.6) is 0 Å². The Morgan fingerprint density at radius 1 is 1.05 bits per heavy atom. The van der Waals surface area contributed by atoms with E-state index in [1.165, 1.54) is 4.52 Å². The van der Waals surface area contributed by atoms with Gasteiger partial charge in [-0.15, -0.1) is 0 Å². The van der Waals surface area contributed by atoms with Crippen molar-refractivity contribution in [3.63, 3.8) is 0 Å². The van der Waals surface area contributed by atoms with Gasteiger partial charge in [-0.2, -0.15) is 10.2 Å². The summed E-state index contributed by atoms with van der Waals surface area (Å²) in [6.45, 7) is 1.93. The highest BCUT2D eigenvalue weighted by Gasteiger charge is 2.24. The zero-order valence-corrected chi connectivity index (χ0v) is 20.8. The number of nitrogens with zero attached hydrogens (tertiary/aromatic N) is 5. The van der Waals surface area contributed by atoms with Gasteiger partial charge in [0.05, 0.1) is 17.8 Å². The summed E-state index contributed by atoms with van der Waals surface area (Å²) in [6, 6.07) is 19.2. The number of anilines is 1. The van der Waals surface area contributed by atoms with Crippen molar-refractivity contribution in [1.82, 2.24) is 34.7 Å². The SMILES string of the molecule is CC(NC(=O)c1c(N)nc2cccnn12)c1[nH]c2cccc(C#Cc3cnn(C)c3)c2c1-c1ccccc1. The van der Waals surface area contributed by atoms with Gasteiger partial charge in [0, 0.05) is 47.2 Å². The number of imidazole rings is 1. The monoisotopic (exact) mass is 500 g/mol. The molecule has 0 spiro atoms. The molecule has 38 heavy (non-hydrogen) atoms. The predicted molar refractivity (Wildman–Crippen MR) is 146 cm³/mol. The molecule has 0 radical (unpaired) electrons. The molecule has 4 aromatic heterocycles. The van der Waals surface area contributed by atoms with Crippen LogP contribution in [0.2, 0.25) is 0 Å². The van der Waals surface area contributed by atoms with Crippen LogP contribution in [0.4, 0.5) is 5.82 Å². The minimum atomic E-state index is -0.391. The molecule has 6 aromatic rings. The van der Waals surface area contributed by atoms with E-state index in [2.05, 4.69) is 49.5 Å². The van der Waals surface area contributed by atoms with Crippen molar-refractivity contribution in [2.75, 3.05) is 5.73 Å². The Morgan fingerprint density at radius 3 is 2.68 bits per heavy atom. The highest BCUT2D eigenvalue weighted by molar-refractivity contribution is 6.02. The fraction of sp³-hybridized carbons (Fsp3) is 0.103. The smallest absolute Gasteiger partial charge is 0.274 e. The van der Waals surface area contributed by atoms with Gasteiger partial charge in [0.1, 0.15) is 0 Å². The molecule has 0 saturated carbocycles. The van der Waals surface area contributed by atoms with Crippen LogP contribution in [-0.2, 0) is 7.05 Å². The number of nitrogens with two attached hydrogens (primary N) is 1. The summed E-state index contributed by atoms with van der Waals surface area (Å²) < 4.78 is 3.18. The Labute approximate surface area is 218 Å². The fourth-order valence-corrected chi connectivity index (χ4v) is 4.68. The molecule has 0 fully saturated rings. The quantitative estimate of drug-likeness (QED) is 0.315. The highest BCUT2D eigenvalue weighted by atomic mass is 16.2. The van der Waals surface area contributed by atoms with Gasteiger partial charge in [0.25, 0.3) is 5.91 Å². The molecule has 1 amide bonds. The topological polar surface area (TPSA) is 119 Å². The van der Waals surface area contributed by atoms with E-state index in [4.69, 9.17) is 5.73 Å². The first-order chi connectivity index (χ1) is 18.5. The number of hydrogen-bond donors (Lipinski definition) is 3. The van der Waals surface area contributed by atoms with Gasteiger partial charge >= 0.3 is 0 Å². The zero-order valence-electron chi connectivity index (χ0n) is 20.8. The Bertz CT molecular complexity index is 1870. The van der Waals surface area contributed by atoms with Crippen LogP contribution in [0, 0.1) is 11.8 Å². The van der Waals surface area contributed by atoms with E-state index in [1.807, 2.05) is 56.6 Å². The number of fused-ring (bicyclic) bond motifs is 2. The molecule has 4 heterocycles. The van der Waals surface area contributed by atoms with E-state index in [0.717, 1.165) is 38.9 Å². The number of hydrogen-bond acceptors (Lipinski definition) is 5. The van der Waals surface area contributed by atoms with Gasteiger partial charge in [-0.05, 0) is 36.8 Å². The minimum Gasteiger partial charge on any atom is -0.382 e. The fourth-order valence-electron chi connectivity index (χ4n) is 4.68. The zero-order chi connectivity index (χ0) is 26.2. The summed E-state index contributed by atoms with van der Waals surface area (Å²) >= 11 is 0. The van der Waals surface area contributed by atoms with Crippen molar-refractivity contribution in [3.05, 3.63) is 102 Å². The normalized spacial score (nSPS) is 11.8. The third kappa shape index (κ3) is 4.04. The summed E-state index contributed by atoms with van der Waals surface area (Å²) in [5, 5.41) is 12.5. The molecule has 4 N–H and O–H groups in total. The number of aromatic amines is 1. The van der Waals surface area contributed by atoms with Gasteiger partial charge < -0.3 is 16.0 Å². The first kappa shape index (κ1) is 23.1. The molecule has 9 heteroatoms. The lowest BCUT2D eigenvalue weighted by Gasteiger charge is -2.15. The first-order valence-corrected chi connectivity index (χ1v) is 12.1. The van der Waals surface area contributed by atoms with E-state index in [0.29, 0.717) is 5.65 Å². The van der Waals surface area contributed by atoms with Crippen LogP contribution in [0.25, 0.3) is 27.7 Å². The summed E-state index contributed by atoms with van der Waals surface area (Å²) in [6.07, 6.45) is 5.21. The molecule has 1 atom stereocenters. The molecule has 0 saturated heterocycles. The Morgan fingerprint density at radius 2 is 1.89 bits per heavy atom. The minimum absolute atomic E-state index is 0.126. The van der Waals surface area contributed by atoms with Crippen LogP contribution in [0.15, 0.2) is 79.3 Å². The standard InChI is InChI=1S/C29H24N8O/c1-18(33-29(38)27-28(30)35-23-12-7-15-31-37(23)27)26-25(20-8-4-3-5-9-20)24-21(10-6-11-22(24)34-26)14-13-19-16-32-36(2)17-19/h3-12,15-18,34H,30H2,1-2H3,(H,33,38). The number of nitrogens with one attached hydrogen (secondary N) is 2. The number of carbonyl (C=O) groups excluding carboxylic acids is 1. The molecule has 186 valence electrons. The lowest BCUT2D eigenvalue weighted by molar-refractivity contribution is 0.0933. The number of H-pyrrole nitrogens is 1. The Balaban J connectivity index is 1.45. The molecule has 0 aliphatic heterocycles. The second-order valence-electron chi connectivity index (χ2n) is 8.99. The molecular formula is C29H24N8O. The van der Waals surface area contributed by atoms with Crippen LogP contribution < -0.4 is 11.1 Å². The Kier molecular flexibility index (Phi) is 5.62. The van der Waals surface area contributed by atoms with Gasteiger partial charge in [-0.1, -0.05) is 48.2 Å². The second kappa shape index (κ2) is 9.26. The number of aromatic nitrogens is 6. The van der Waals surface area contributed by atoms with Crippen LogP contribution in [0.3, 0.4) is 0 Å². The number of amides is 1. The molecule has 0 bridgehead atoms. The lowest BCUT2D eigenvalue weighted by Crippen LogP contribution is -2.29. The third-order valence-corrected chi connectivity index (χ3v) is 6.38. The number of benzene rings is 2. The maximum atomic E-state index is 13.4. The highest BCUT2D eigenvalue weighted by Crippen LogP contribution is 2.37. The van der Waals surface area contributed by atoms with Crippen molar-refractivity contribution in [3.8, 4) is 23.0 Å². The summed E-state index contributed by atoms with van der Waals surface area (Å²) in [7, 11) is 1.87. The molecule has 0 aliphatic carbocycles.